The summed E-state index contributed by atoms with van der Waals surface area (Å²) in [6, 6.07) is 11.4. The number of nitrogens with zero attached hydrogens (tertiary/aromatic N) is 1. The minimum absolute atomic E-state index is 0.0546. The third-order valence-corrected chi connectivity index (χ3v) is 4.24. The number of rotatable bonds is 3. The highest BCUT2D eigenvalue weighted by molar-refractivity contribution is 6.31. The van der Waals surface area contributed by atoms with Crippen LogP contribution in [0.3, 0.4) is 0 Å². The van der Waals surface area contributed by atoms with E-state index in [1.165, 1.54) is 5.56 Å². The van der Waals surface area contributed by atoms with Gasteiger partial charge in [-0.3, -0.25) is 4.79 Å². The van der Waals surface area contributed by atoms with Gasteiger partial charge in [-0.05, 0) is 55.3 Å². The van der Waals surface area contributed by atoms with Crippen molar-refractivity contribution in [3.63, 3.8) is 0 Å². The van der Waals surface area contributed by atoms with Crippen molar-refractivity contribution in [2.75, 3.05) is 29.9 Å². The lowest BCUT2D eigenvalue weighted by atomic mass is 10.1. The average molecular weight is 331 g/mol. The monoisotopic (exact) mass is 330 g/mol. The normalized spacial score (nSPS) is 13.3. The second-order valence-electron chi connectivity index (χ2n) is 5.73. The maximum atomic E-state index is 12.3. The summed E-state index contributed by atoms with van der Waals surface area (Å²) in [5.41, 5.74) is 4.04. The molecule has 2 aromatic carbocycles. The fourth-order valence-electron chi connectivity index (χ4n) is 2.60. The average Bonchev–Trinajstić information content (AvgIpc) is 2.51. The SMILES string of the molecule is Cc1ccc(NC(=O)CN2CCOc3ccc(Cl)cc32)cc1C. The van der Waals surface area contributed by atoms with Gasteiger partial charge >= 0.3 is 0 Å². The topological polar surface area (TPSA) is 41.6 Å². The lowest BCUT2D eigenvalue weighted by molar-refractivity contribution is -0.115. The Morgan fingerprint density at radius 1 is 1.22 bits per heavy atom. The molecule has 0 aromatic heterocycles. The fraction of sp³-hybridized carbons (Fsp3) is 0.278. The van der Waals surface area contributed by atoms with Gasteiger partial charge in [-0.15, -0.1) is 0 Å². The molecule has 1 heterocycles. The van der Waals surface area contributed by atoms with E-state index in [4.69, 9.17) is 16.3 Å². The van der Waals surface area contributed by atoms with Gasteiger partial charge in [0, 0.05) is 10.7 Å². The Kier molecular flexibility index (Phi) is 4.44. The third-order valence-electron chi connectivity index (χ3n) is 4.01. The Morgan fingerprint density at radius 2 is 2.04 bits per heavy atom. The van der Waals surface area contributed by atoms with Gasteiger partial charge in [-0.25, -0.2) is 0 Å². The third kappa shape index (κ3) is 3.59. The van der Waals surface area contributed by atoms with Crippen LogP contribution in [0.1, 0.15) is 11.1 Å². The summed E-state index contributed by atoms with van der Waals surface area (Å²) in [7, 11) is 0. The number of carbonyl (C=O) groups excluding carboxylic acids is 1. The molecule has 4 nitrogen and oxygen atoms in total. The van der Waals surface area contributed by atoms with Gasteiger partial charge in [-0.2, -0.15) is 0 Å². The molecule has 2 aromatic rings. The van der Waals surface area contributed by atoms with Crippen LogP contribution in [0.5, 0.6) is 5.75 Å². The van der Waals surface area contributed by atoms with Gasteiger partial charge < -0.3 is 15.0 Å². The molecule has 1 aliphatic rings. The van der Waals surface area contributed by atoms with Crippen molar-refractivity contribution < 1.29 is 9.53 Å². The second kappa shape index (κ2) is 6.50. The lowest BCUT2D eigenvalue weighted by Gasteiger charge is -2.30. The molecule has 0 saturated heterocycles. The highest BCUT2D eigenvalue weighted by Gasteiger charge is 2.20. The van der Waals surface area contributed by atoms with Crippen molar-refractivity contribution in [3.8, 4) is 5.75 Å². The molecular weight excluding hydrogens is 312 g/mol. The highest BCUT2D eigenvalue weighted by atomic mass is 35.5. The molecule has 0 fully saturated rings. The molecule has 1 aliphatic heterocycles. The van der Waals surface area contributed by atoms with Crippen LogP contribution in [0, 0.1) is 13.8 Å². The molecule has 0 bridgehead atoms. The molecule has 1 amide bonds. The van der Waals surface area contributed by atoms with Crippen molar-refractivity contribution in [2.24, 2.45) is 0 Å². The van der Waals surface area contributed by atoms with Crippen LogP contribution >= 0.6 is 11.6 Å². The van der Waals surface area contributed by atoms with E-state index < -0.39 is 0 Å². The molecule has 5 heteroatoms. The van der Waals surface area contributed by atoms with Crippen LogP contribution in [-0.2, 0) is 4.79 Å². The molecule has 1 N–H and O–H groups in total. The predicted molar refractivity (Wildman–Crippen MR) is 93.7 cm³/mol. The van der Waals surface area contributed by atoms with E-state index in [0.717, 1.165) is 22.7 Å². The number of halogens is 1. The van der Waals surface area contributed by atoms with E-state index >= 15 is 0 Å². The molecule has 120 valence electrons. The number of benzene rings is 2. The first kappa shape index (κ1) is 15.7. The van der Waals surface area contributed by atoms with Crippen molar-refractivity contribution >= 4 is 28.9 Å². The van der Waals surface area contributed by atoms with Crippen molar-refractivity contribution in [3.05, 3.63) is 52.5 Å². The van der Waals surface area contributed by atoms with Gasteiger partial charge in [0.05, 0.1) is 18.8 Å². The summed E-state index contributed by atoms with van der Waals surface area (Å²) in [6.07, 6.45) is 0. The summed E-state index contributed by atoms with van der Waals surface area (Å²) in [4.78, 5) is 14.3. The molecular formula is C18H19ClN2O2. The number of hydrogen-bond donors (Lipinski definition) is 1. The molecule has 0 saturated carbocycles. The maximum Gasteiger partial charge on any atom is 0.243 e. The largest absolute Gasteiger partial charge is 0.490 e. The zero-order valence-corrected chi connectivity index (χ0v) is 14.0. The Hall–Kier alpha value is -2.20. The number of aryl methyl sites for hydroxylation is 2. The van der Waals surface area contributed by atoms with E-state index in [9.17, 15) is 4.79 Å². The quantitative estimate of drug-likeness (QED) is 0.930. The van der Waals surface area contributed by atoms with Crippen LogP contribution in [0.4, 0.5) is 11.4 Å². The number of carbonyl (C=O) groups is 1. The molecule has 0 atom stereocenters. The number of ether oxygens (including phenoxy) is 1. The van der Waals surface area contributed by atoms with Crippen molar-refractivity contribution in [1.29, 1.82) is 0 Å². The van der Waals surface area contributed by atoms with E-state index in [1.807, 2.05) is 42.2 Å². The number of anilines is 2. The summed E-state index contributed by atoms with van der Waals surface area (Å²) in [5.74, 6) is 0.709. The zero-order valence-electron chi connectivity index (χ0n) is 13.2. The van der Waals surface area contributed by atoms with Crippen LogP contribution < -0.4 is 15.0 Å². The smallest absolute Gasteiger partial charge is 0.243 e. The predicted octanol–water partition coefficient (Wildman–Crippen LogP) is 3.79. The first-order chi connectivity index (χ1) is 11.0. The molecule has 3 rings (SSSR count). The van der Waals surface area contributed by atoms with Crippen LogP contribution in [0.25, 0.3) is 0 Å². The zero-order chi connectivity index (χ0) is 16.4. The summed E-state index contributed by atoms with van der Waals surface area (Å²) in [5, 5.41) is 3.58. The Balaban J connectivity index is 1.71. The molecule has 0 aliphatic carbocycles. The second-order valence-corrected chi connectivity index (χ2v) is 6.17. The Labute approximate surface area is 141 Å². The minimum Gasteiger partial charge on any atom is -0.490 e. The van der Waals surface area contributed by atoms with E-state index in [2.05, 4.69) is 12.2 Å². The summed E-state index contributed by atoms with van der Waals surface area (Å²) >= 11 is 6.06. The number of hydrogen-bond acceptors (Lipinski definition) is 3. The van der Waals surface area contributed by atoms with E-state index in [-0.39, 0.29) is 12.5 Å². The fourth-order valence-corrected chi connectivity index (χ4v) is 2.77. The van der Waals surface area contributed by atoms with E-state index in [0.29, 0.717) is 18.2 Å². The van der Waals surface area contributed by atoms with Crippen molar-refractivity contribution in [2.45, 2.75) is 13.8 Å². The van der Waals surface area contributed by atoms with Gasteiger partial charge in [0.25, 0.3) is 0 Å². The first-order valence-corrected chi connectivity index (χ1v) is 7.95. The Morgan fingerprint density at radius 3 is 2.83 bits per heavy atom. The van der Waals surface area contributed by atoms with Gasteiger partial charge in [0.15, 0.2) is 0 Å². The maximum absolute atomic E-state index is 12.3. The first-order valence-electron chi connectivity index (χ1n) is 7.57. The molecule has 23 heavy (non-hydrogen) atoms. The van der Waals surface area contributed by atoms with Gasteiger partial charge in [0.1, 0.15) is 12.4 Å². The lowest BCUT2D eigenvalue weighted by Crippen LogP contribution is -2.38. The van der Waals surface area contributed by atoms with Crippen molar-refractivity contribution in [1.82, 2.24) is 0 Å². The highest BCUT2D eigenvalue weighted by Crippen LogP contribution is 2.33. The molecule has 0 spiro atoms. The summed E-state index contributed by atoms with van der Waals surface area (Å²) in [6.45, 7) is 5.57. The van der Waals surface area contributed by atoms with Gasteiger partial charge in [-0.1, -0.05) is 17.7 Å². The standard InChI is InChI=1S/C18H19ClN2O2/c1-12-3-5-15(9-13(12)2)20-18(22)11-21-7-8-23-17-6-4-14(19)10-16(17)21/h3-6,9-10H,7-8,11H2,1-2H3,(H,20,22). The number of fused-ring (bicyclic) bond motifs is 1. The Bertz CT molecular complexity index is 746. The number of amides is 1. The van der Waals surface area contributed by atoms with Gasteiger partial charge in [0.2, 0.25) is 5.91 Å². The van der Waals surface area contributed by atoms with Crippen LogP contribution in [-0.4, -0.2) is 25.6 Å². The minimum atomic E-state index is -0.0546. The van der Waals surface area contributed by atoms with Crippen LogP contribution in [0.15, 0.2) is 36.4 Å². The molecule has 0 radical (unpaired) electrons. The summed E-state index contributed by atoms with van der Waals surface area (Å²) < 4.78 is 5.61. The number of nitrogens with one attached hydrogen (secondary N) is 1. The van der Waals surface area contributed by atoms with Crippen LogP contribution in [0.2, 0.25) is 5.02 Å². The van der Waals surface area contributed by atoms with E-state index in [1.54, 1.807) is 6.07 Å². The molecule has 0 unspecified atom stereocenters.